The molecule has 0 aliphatic carbocycles. The van der Waals surface area contributed by atoms with Gasteiger partial charge in [0.25, 0.3) is 0 Å². The van der Waals surface area contributed by atoms with Crippen LogP contribution in [0.1, 0.15) is 37.8 Å². The number of ether oxygens (including phenoxy) is 1. The molecule has 176 valence electrons. The topological polar surface area (TPSA) is 63.3 Å². The second-order valence-corrected chi connectivity index (χ2v) is 12.5. The Morgan fingerprint density at radius 3 is 2.36 bits per heavy atom. The fourth-order valence-corrected chi connectivity index (χ4v) is 7.45. The molecule has 2 heterocycles. The van der Waals surface area contributed by atoms with Crippen LogP contribution in [-0.2, 0) is 5.41 Å². The molecular weight excluding hydrogens is 564 g/mol. The first-order chi connectivity index (χ1) is 15.9. The smallest absolute Gasteiger partial charge is 0.120 e. The van der Waals surface area contributed by atoms with E-state index in [-0.39, 0.29) is 5.92 Å². The van der Waals surface area contributed by atoms with Crippen LogP contribution in [0.5, 0.6) is 5.75 Å². The maximum Gasteiger partial charge on any atom is 0.120 e. The lowest BCUT2D eigenvalue weighted by molar-refractivity contribution is 0.114. The van der Waals surface area contributed by atoms with Crippen LogP contribution in [0.25, 0.3) is 0 Å². The first-order valence-electron chi connectivity index (χ1n) is 11.3. The zero-order chi connectivity index (χ0) is 23.8. The minimum Gasteiger partial charge on any atom is -0.492 e. The number of nitrogens with zero attached hydrogens (tertiary/aromatic N) is 4. The molecule has 0 bridgehead atoms. The van der Waals surface area contributed by atoms with Gasteiger partial charge in [0.15, 0.2) is 0 Å². The molecule has 0 radical (unpaired) electrons. The highest BCUT2D eigenvalue weighted by Gasteiger charge is 2.38. The molecule has 33 heavy (non-hydrogen) atoms. The predicted molar refractivity (Wildman–Crippen MR) is 141 cm³/mol. The summed E-state index contributed by atoms with van der Waals surface area (Å²) in [7, 11) is 0. The van der Waals surface area contributed by atoms with Crippen molar-refractivity contribution >= 4 is 43.2 Å². The van der Waals surface area contributed by atoms with Gasteiger partial charge in [-0.2, -0.15) is 10.5 Å². The van der Waals surface area contributed by atoms with Crippen molar-refractivity contribution < 1.29 is 4.74 Å². The number of rotatable bonds is 10. The van der Waals surface area contributed by atoms with Gasteiger partial charge in [-0.3, -0.25) is 4.90 Å². The second-order valence-electron chi connectivity index (χ2n) is 8.75. The van der Waals surface area contributed by atoms with Gasteiger partial charge >= 0.3 is 0 Å². The molecule has 1 aromatic heterocycles. The lowest BCUT2D eigenvalue weighted by Gasteiger charge is -2.36. The van der Waals surface area contributed by atoms with E-state index in [4.69, 9.17) is 10.00 Å². The van der Waals surface area contributed by atoms with Crippen molar-refractivity contribution in [3.63, 3.8) is 0 Å². The van der Waals surface area contributed by atoms with Crippen LogP contribution in [0.3, 0.4) is 0 Å². The summed E-state index contributed by atoms with van der Waals surface area (Å²) in [6.07, 6.45) is 1.86. The summed E-state index contributed by atoms with van der Waals surface area (Å²) >= 11 is 8.89. The van der Waals surface area contributed by atoms with Crippen molar-refractivity contribution in [2.75, 3.05) is 45.9 Å². The molecule has 8 heteroatoms. The molecular formula is C25H30Br2N4OS. The molecule has 1 aliphatic heterocycles. The van der Waals surface area contributed by atoms with Gasteiger partial charge in [-0.05, 0) is 87.0 Å². The molecule has 3 rings (SSSR count). The van der Waals surface area contributed by atoms with Crippen LogP contribution >= 0.6 is 43.2 Å². The van der Waals surface area contributed by atoms with E-state index in [1.54, 1.807) is 23.5 Å². The lowest BCUT2D eigenvalue weighted by Crippen LogP contribution is -2.47. The average molecular weight is 594 g/mol. The van der Waals surface area contributed by atoms with Crippen molar-refractivity contribution in [3.8, 4) is 17.9 Å². The number of halogens is 2. The van der Waals surface area contributed by atoms with Crippen LogP contribution in [0.2, 0.25) is 0 Å². The van der Waals surface area contributed by atoms with E-state index in [9.17, 15) is 5.26 Å². The molecule has 0 saturated carbocycles. The van der Waals surface area contributed by atoms with E-state index >= 15 is 0 Å². The Morgan fingerprint density at radius 1 is 1.09 bits per heavy atom. The Hall–Kier alpha value is -1.42. The maximum absolute atomic E-state index is 10.2. The molecule has 2 aromatic rings. The van der Waals surface area contributed by atoms with Crippen LogP contribution in [0, 0.1) is 28.6 Å². The van der Waals surface area contributed by atoms with Gasteiger partial charge < -0.3 is 9.64 Å². The van der Waals surface area contributed by atoms with E-state index in [0.717, 1.165) is 71.0 Å². The first-order valence-corrected chi connectivity index (χ1v) is 13.7. The standard InChI is InChI=1S/C25H30Br2N4OS/c1-19(2)25(18-29,22-16-23(26)33-24(22)27)7-4-8-30-9-11-31(12-10-30)13-14-32-21-6-3-5-20(15-21)17-28/h3,5-6,15-16,19H,4,7-14H2,1-2H3. The number of thiophene rings is 1. The Kier molecular flexibility index (Phi) is 9.79. The highest BCUT2D eigenvalue weighted by molar-refractivity contribution is 9.12. The largest absolute Gasteiger partial charge is 0.492 e. The molecule has 0 amide bonds. The fraction of sp³-hybridized carbons (Fsp3) is 0.520. The summed E-state index contributed by atoms with van der Waals surface area (Å²) in [6.45, 7) is 11.0. The average Bonchev–Trinajstić information content (AvgIpc) is 3.16. The van der Waals surface area contributed by atoms with Crippen LogP contribution in [0.4, 0.5) is 0 Å². The van der Waals surface area contributed by atoms with Crippen LogP contribution in [0.15, 0.2) is 37.9 Å². The summed E-state index contributed by atoms with van der Waals surface area (Å²) in [5.41, 5.74) is 1.27. The molecule has 1 unspecified atom stereocenters. The molecule has 1 saturated heterocycles. The molecule has 1 aliphatic rings. The van der Waals surface area contributed by atoms with Crippen LogP contribution < -0.4 is 4.74 Å². The number of hydrogen-bond acceptors (Lipinski definition) is 6. The predicted octanol–water partition coefficient (Wildman–Crippen LogP) is 6.04. The summed E-state index contributed by atoms with van der Waals surface area (Å²) in [4.78, 5) is 4.94. The number of nitriles is 2. The number of hydrogen-bond donors (Lipinski definition) is 0. The summed E-state index contributed by atoms with van der Waals surface area (Å²) in [6, 6.07) is 14.2. The molecule has 0 spiro atoms. The van der Waals surface area contributed by atoms with E-state index in [1.165, 1.54) is 0 Å². The number of piperazine rings is 1. The maximum atomic E-state index is 10.2. The van der Waals surface area contributed by atoms with Crippen LogP contribution in [-0.4, -0.2) is 55.7 Å². The van der Waals surface area contributed by atoms with Crippen molar-refractivity contribution in [1.29, 1.82) is 10.5 Å². The third-order valence-corrected chi connectivity index (χ3v) is 8.81. The van der Waals surface area contributed by atoms with Crippen molar-refractivity contribution in [3.05, 3.63) is 49.0 Å². The third kappa shape index (κ3) is 6.81. The molecule has 1 aromatic carbocycles. The van der Waals surface area contributed by atoms with E-state index < -0.39 is 5.41 Å². The van der Waals surface area contributed by atoms with Crippen molar-refractivity contribution in [2.45, 2.75) is 32.1 Å². The van der Waals surface area contributed by atoms with E-state index in [2.05, 4.69) is 73.7 Å². The Balaban J connectivity index is 1.43. The summed E-state index contributed by atoms with van der Waals surface area (Å²) in [5, 5.41) is 19.2. The van der Waals surface area contributed by atoms with Gasteiger partial charge in [-0.15, -0.1) is 11.3 Å². The second kappa shape index (κ2) is 12.3. The van der Waals surface area contributed by atoms with Gasteiger partial charge in [0.2, 0.25) is 0 Å². The zero-order valence-corrected chi connectivity index (χ0v) is 23.2. The quantitative estimate of drug-likeness (QED) is 0.336. The molecule has 0 N–H and O–H groups in total. The van der Waals surface area contributed by atoms with Gasteiger partial charge in [-0.25, -0.2) is 0 Å². The highest BCUT2D eigenvalue weighted by Crippen LogP contribution is 2.45. The van der Waals surface area contributed by atoms with Gasteiger partial charge in [0.1, 0.15) is 12.4 Å². The Labute approximate surface area is 218 Å². The summed E-state index contributed by atoms with van der Waals surface area (Å²) < 4.78 is 7.94. The lowest BCUT2D eigenvalue weighted by atomic mass is 9.71. The molecule has 1 fully saturated rings. The van der Waals surface area contributed by atoms with Gasteiger partial charge in [0, 0.05) is 32.7 Å². The zero-order valence-electron chi connectivity index (χ0n) is 19.2. The molecule has 1 atom stereocenters. The number of benzene rings is 1. The Morgan fingerprint density at radius 2 is 1.79 bits per heavy atom. The fourth-order valence-electron chi connectivity index (χ4n) is 4.39. The minimum absolute atomic E-state index is 0.242. The highest BCUT2D eigenvalue weighted by atomic mass is 79.9. The van der Waals surface area contributed by atoms with Crippen molar-refractivity contribution in [2.24, 2.45) is 5.92 Å². The van der Waals surface area contributed by atoms with Gasteiger partial charge in [0.05, 0.1) is 30.7 Å². The van der Waals surface area contributed by atoms with Gasteiger partial charge in [-0.1, -0.05) is 19.9 Å². The molecule has 5 nitrogen and oxygen atoms in total. The SMILES string of the molecule is CC(C)C(C#N)(CCCN1CCN(CCOc2cccc(C#N)c2)CC1)c1cc(Br)sc1Br. The summed E-state index contributed by atoms with van der Waals surface area (Å²) in [5.74, 6) is 0.995. The minimum atomic E-state index is -0.469. The third-order valence-electron chi connectivity index (χ3n) is 6.47. The van der Waals surface area contributed by atoms with E-state index in [0.29, 0.717) is 12.2 Å². The Bertz CT molecular complexity index is 1000. The first kappa shape index (κ1) is 26.2. The van der Waals surface area contributed by atoms with E-state index in [1.807, 2.05) is 12.1 Å². The monoisotopic (exact) mass is 592 g/mol. The normalized spacial score (nSPS) is 16.8. The van der Waals surface area contributed by atoms with Crippen molar-refractivity contribution in [1.82, 2.24) is 9.80 Å².